The van der Waals surface area contributed by atoms with Crippen LogP contribution in [0, 0.1) is 57.7 Å². The highest BCUT2D eigenvalue weighted by atomic mass is 16.4. The molecule has 4 fully saturated rings. The first-order chi connectivity index (χ1) is 16.6. The average molecular weight is 503 g/mol. The molecule has 4 saturated carbocycles. The number of aliphatic hydroxyl groups is 1. The fourth-order valence-corrected chi connectivity index (χ4v) is 9.20. The molecule has 0 radical (unpaired) electrons. The molecular formula is C29H42O7. The summed E-state index contributed by atoms with van der Waals surface area (Å²) in [4.78, 5) is 65.0. The number of carboxylic acid groups (broad SMARTS) is 1. The van der Waals surface area contributed by atoms with E-state index in [1.54, 1.807) is 0 Å². The largest absolute Gasteiger partial charge is 0.481 e. The maximum absolute atomic E-state index is 13.9. The van der Waals surface area contributed by atoms with Crippen LogP contribution < -0.4 is 0 Å². The second-order valence-corrected chi connectivity index (χ2v) is 13.7. The second-order valence-electron chi connectivity index (χ2n) is 13.7. The van der Waals surface area contributed by atoms with Gasteiger partial charge in [-0.25, -0.2) is 0 Å². The Morgan fingerprint density at radius 2 is 1.53 bits per heavy atom. The molecule has 4 aliphatic rings. The molecule has 0 amide bonds. The van der Waals surface area contributed by atoms with Crippen LogP contribution in [0.15, 0.2) is 0 Å². The smallest absolute Gasteiger partial charge is 0.306 e. The van der Waals surface area contributed by atoms with Gasteiger partial charge in [0.05, 0.1) is 12.0 Å². The van der Waals surface area contributed by atoms with Crippen LogP contribution in [0.2, 0.25) is 0 Å². The van der Waals surface area contributed by atoms with E-state index in [2.05, 4.69) is 6.92 Å². The normalized spacial score (nSPS) is 43.2. The molecule has 5 unspecified atom stereocenters. The molecular weight excluding hydrogens is 460 g/mol. The van der Waals surface area contributed by atoms with Crippen molar-refractivity contribution in [3.05, 3.63) is 0 Å². The van der Waals surface area contributed by atoms with Crippen molar-refractivity contribution in [3.63, 3.8) is 0 Å². The fraction of sp³-hybridized carbons (Fsp3) is 0.828. The number of fused-ring (bicyclic) bond motifs is 5. The first-order valence-electron chi connectivity index (χ1n) is 13.6. The summed E-state index contributed by atoms with van der Waals surface area (Å²) in [6, 6.07) is 0. The molecule has 4 aliphatic carbocycles. The minimum atomic E-state index is -1.01. The summed E-state index contributed by atoms with van der Waals surface area (Å²) in [6.45, 7) is 11.5. The van der Waals surface area contributed by atoms with Gasteiger partial charge in [0.1, 0.15) is 23.1 Å². The number of hydrogen-bond donors (Lipinski definition) is 2. The average Bonchev–Trinajstić information content (AvgIpc) is 3.02. The van der Waals surface area contributed by atoms with Crippen LogP contribution in [0.3, 0.4) is 0 Å². The van der Waals surface area contributed by atoms with E-state index >= 15 is 0 Å². The van der Waals surface area contributed by atoms with Gasteiger partial charge in [-0.1, -0.05) is 41.5 Å². The number of ketones is 4. The Labute approximate surface area is 213 Å². The van der Waals surface area contributed by atoms with Gasteiger partial charge < -0.3 is 10.2 Å². The van der Waals surface area contributed by atoms with Gasteiger partial charge in [-0.15, -0.1) is 0 Å². The molecule has 4 rings (SSSR count). The van der Waals surface area contributed by atoms with Crippen LogP contribution in [-0.2, 0) is 24.0 Å². The highest BCUT2D eigenvalue weighted by Crippen LogP contribution is 2.68. The van der Waals surface area contributed by atoms with Gasteiger partial charge in [0, 0.05) is 49.9 Å². The molecule has 0 aromatic carbocycles. The summed E-state index contributed by atoms with van der Waals surface area (Å²) >= 11 is 0. The van der Waals surface area contributed by atoms with E-state index in [0.29, 0.717) is 12.8 Å². The Hall–Kier alpha value is -1.89. The van der Waals surface area contributed by atoms with Crippen molar-refractivity contribution < 1.29 is 34.2 Å². The maximum Gasteiger partial charge on any atom is 0.306 e. The molecule has 2 N–H and O–H groups in total. The van der Waals surface area contributed by atoms with Gasteiger partial charge in [-0.3, -0.25) is 24.0 Å². The van der Waals surface area contributed by atoms with Crippen molar-refractivity contribution >= 4 is 29.1 Å². The third-order valence-corrected chi connectivity index (χ3v) is 11.1. The first-order valence-corrected chi connectivity index (χ1v) is 13.6. The van der Waals surface area contributed by atoms with Crippen molar-refractivity contribution in [2.75, 3.05) is 0 Å². The van der Waals surface area contributed by atoms with Crippen LogP contribution in [-0.4, -0.2) is 45.4 Å². The predicted molar refractivity (Wildman–Crippen MR) is 132 cm³/mol. The van der Waals surface area contributed by atoms with Gasteiger partial charge >= 0.3 is 5.97 Å². The standard InChI is InChI=1S/C29H42O7/c1-14(9-16(30)10-15(2)26(35)36)17-11-19(32)24-23-18(31)12-21-27(3,4)22(34)7-8-28(21,5)25(23)20(33)13-29(17,24)6/h14-15,17,21-25,34H,7-13H2,1-6H3,(H,35,36)/t14?,15?,17-,21?,22+,23?,24+,25?,28+,29-/m1/s1. The van der Waals surface area contributed by atoms with Crippen LogP contribution >= 0.6 is 0 Å². The van der Waals surface area contributed by atoms with E-state index < -0.39 is 52.0 Å². The molecule has 7 heteroatoms. The zero-order valence-electron chi connectivity index (χ0n) is 22.5. The SMILES string of the molecule is CC(CC(=O)CC(C)[C@H]1CC(=O)[C@H]2C3C(=O)CC4C(C)(C)[C@@H](O)CC[C@]4(C)C3C(=O)C[C@]12C)C(=O)O. The highest BCUT2D eigenvalue weighted by molar-refractivity contribution is 6.00. The fourth-order valence-electron chi connectivity index (χ4n) is 9.20. The molecule has 200 valence electrons. The lowest BCUT2D eigenvalue weighted by Crippen LogP contribution is -2.65. The van der Waals surface area contributed by atoms with E-state index in [9.17, 15) is 29.1 Å². The second kappa shape index (κ2) is 8.85. The van der Waals surface area contributed by atoms with Crippen molar-refractivity contribution in [1.29, 1.82) is 0 Å². The summed E-state index contributed by atoms with van der Waals surface area (Å²) in [7, 11) is 0. The van der Waals surface area contributed by atoms with Gasteiger partial charge in [0.15, 0.2) is 0 Å². The summed E-state index contributed by atoms with van der Waals surface area (Å²) in [5.41, 5.74) is -1.61. The molecule has 0 aliphatic heterocycles. The quantitative estimate of drug-likeness (QED) is 0.564. The lowest BCUT2D eigenvalue weighted by Gasteiger charge is -2.62. The number of carbonyl (C=O) groups excluding carboxylic acids is 4. The molecule has 0 saturated heterocycles. The zero-order chi connectivity index (χ0) is 27.0. The third kappa shape index (κ3) is 3.91. The zero-order valence-corrected chi connectivity index (χ0v) is 22.5. The molecule has 0 spiro atoms. The van der Waals surface area contributed by atoms with E-state index in [0.717, 1.165) is 0 Å². The van der Waals surface area contributed by atoms with Gasteiger partial charge in [-0.05, 0) is 46.8 Å². The summed E-state index contributed by atoms with van der Waals surface area (Å²) < 4.78 is 0. The van der Waals surface area contributed by atoms with Crippen molar-refractivity contribution in [1.82, 2.24) is 0 Å². The molecule has 0 aromatic rings. The Balaban J connectivity index is 1.63. The number of aliphatic hydroxyl groups excluding tert-OH is 1. The summed E-state index contributed by atoms with van der Waals surface area (Å²) in [5, 5.41) is 19.9. The maximum atomic E-state index is 13.9. The van der Waals surface area contributed by atoms with E-state index in [1.807, 2.05) is 27.7 Å². The third-order valence-electron chi connectivity index (χ3n) is 11.1. The topological polar surface area (TPSA) is 126 Å². The number of carbonyl (C=O) groups is 5. The molecule has 0 bridgehead atoms. The Kier molecular flexibility index (Phi) is 6.67. The lowest BCUT2D eigenvalue weighted by molar-refractivity contribution is -0.189. The van der Waals surface area contributed by atoms with Crippen LogP contribution in [0.4, 0.5) is 0 Å². The number of hydrogen-bond acceptors (Lipinski definition) is 6. The van der Waals surface area contributed by atoms with Crippen molar-refractivity contribution in [2.24, 2.45) is 57.7 Å². The van der Waals surface area contributed by atoms with Crippen molar-refractivity contribution in [2.45, 2.75) is 92.6 Å². The van der Waals surface area contributed by atoms with E-state index in [-0.39, 0.29) is 73.0 Å². The molecule has 0 heterocycles. The summed E-state index contributed by atoms with van der Waals surface area (Å²) in [5.74, 6) is -4.05. The molecule has 10 atom stereocenters. The monoisotopic (exact) mass is 502 g/mol. The van der Waals surface area contributed by atoms with Crippen LogP contribution in [0.25, 0.3) is 0 Å². The Morgan fingerprint density at radius 3 is 2.14 bits per heavy atom. The number of rotatable bonds is 6. The minimum absolute atomic E-state index is 0.0220. The number of aliphatic carboxylic acids is 1. The Bertz CT molecular complexity index is 998. The Morgan fingerprint density at radius 1 is 0.917 bits per heavy atom. The molecule has 0 aromatic heterocycles. The molecule has 7 nitrogen and oxygen atoms in total. The minimum Gasteiger partial charge on any atom is -0.481 e. The predicted octanol–water partition coefficient (Wildman–Crippen LogP) is 3.89. The van der Waals surface area contributed by atoms with Crippen LogP contribution in [0.1, 0.15) is 86.5 Å². The highest BCUT2D eigenvalue weighted by Gasteiger charge is 2.70. The van der Waals surface area contributed by atoms with Gasteiger partial charge in [-0.2, -0.15) is 0 Å². The number of carboxylic acids is 1. The summed E-state index contributed by atoms with van der Waals surface area (Å²) in [6.07, 6.45) is 1.58. The molecule has 36 heavy (non-hydrogen) atoms. The van der Waals surface area contributed by atoms with Gasteiger partial charge in [0.25, 0.3) is 0 Å². The van der Waals surface area contributed by atoms with E-state index in [4.69, 9.17) is 5.11 Å². The van der Waals surface area contributed by atoms with Gasteiger partial charge in [0.2, 0.25) is 0 Å². The number of Topliss-reactive ketones (excluding diaryl/α,β-unsaturated/α-hetero) is 4. The first kappa shape index (κ1) is 27.2. The van der Waals surface area contributed by atoms with Crippen molar-refractivity contribution in [3.8, 4) is 0 Å². The van der Waals surface area contributed by atoms with E-state index in [1.165, 1.54) is 6.92 Å². The van der Waals surface area contributed by atoms with Crippen LogP contribution in [0.5, 0.6) is 0 Å². The lowest BCUT2D eigenvalue weighted by atomic mass is 9.40.